The van der Waals surface area contributed by atoms with Crippen LogP contribution in [0.3, 0.4) is 0 Å². The minimum absolute atomic E-state index is 0.0341. The van der Waals surface area contributed by atoms with Crippen molar-refractivity contribution in [1.29, 1.82) is 0 Å². The molecule has 1 rings (SSSR count). The number of benzene rings is 1. The highest BCUT2D eigenvalue weighted by Gasteiger charge is 2.28. The molecule has 0 heterocycles. The van der Waals surface area contributed by atoms with Gasteiger partial charge in [-0.15, -0.1) is 0 Å². The number of hydrogen-bond acceptors (Lipinski definition) is 2. The molecule has 2 nitrogen and oxygen atoms in total. The van der Waals surface area contributed by atoms with Crippen molar-refractivity contribution in [2.24, 2.45) is 0 Å². The van der Waals surface area contributed by atoms with Crippen molar-refractivity contribution < 1.29 is 9.22 Å². The van der Waals surface area contributed by atoms with Gasteiger partial charge in [0.05, 0.1) is 0 Å². The molecule has 0 bridgehead atoms. The lowest BCUT2D eigenvalue weighted by Crippen LogP contribution is -2.34. The highest BCUT2D eigenvalue weighted by atomic mass is 28.2. The van der Waals surface area contributed by atoms with Crippen LogP contribution in [0.5, 0.6) is 0 Å². The molecule has 104 valence electrons. The zero-order chi connectivity index (χ0) is 14.8. The monoisotopic (exact) mass is 276 g/mol. The molecule has 0 aliphatic heterocycles. The second-order valence-corrected chi connectivity index (χ2v) is 7.87. The summed E-state index contributed by atoms with van der Waals surface area (Å²) in [6, 6.07) is 6.31. The first-order valence-corrected chi connectivity index (χ1v) is 7.51. The fraction of sp³-hybridized carbons (Fsp3) is 0.562. The van der Waals surface area contributed by atoms with Crippen molar-refractivity contribution in [2.45, 2.75) is 59.3 Å². The van der Waals surface area contributed by atoms with Gasteiger partial charge in [0, 0.05) is 6.92 Å². The number of carbonyl (C=O) groups excluding carboxylic acids is 1. The third kappa shape index (κ3) is 4.20. The Morgan fingerprint density at radius 2 is 1.63 bits per heavy atom. The molecule has 2 radical (unpaired) electrons. The predicted octanol–water partition coefficient (Wildman–Crippen LogP) is 3.09. The normalized spacial score (nSPS) is 12.4. The highest BCUT2D eigenvalue weighted by molar-refractivity contribution is 6.49. The standard InChI is InChI=1S/C16H24O2Si/c1-11(17)18-19-13-10-8-9-12(15(2,3)4)14(13)16(5,6)7/h8-10H,1-7H3. The van der Waals surface area contributed by atoms with E-state index < -0.39 is 0 Å². The predicted molar refractivity (Wildman–Crippen MR) is 81.0 cm³/mol. The van der Waals surface area contributed by atoms with Gasteiger partial charge >= 0.3 is 9.76 Å². The molecular weight excluding hydrogens is 252 g/mol. The van der Waals surface area contributed by atoms with Gasteiger partial charge in [-0.25, -0.2) is 0 Å². The van der Waals surface area contributed by atoms with Gasteiger partial charge < -0.3 is 4.43 Å². The van der Waals surface area contributed by atoms with Gasteiger partial charge in [0.15, 0.2) is 0 Å². The Morgan fingerprint density at radius 3 is 2.05 bits per heavy atom. The van der Waals surface area contributed by atoms with Crippen LogP contribution in [-0.2, 0) is 20.1 Å². The summed E-state index contributed by atoms with van der Waals surface area (Å²) in [7, 11) is 0.0831. The molecule has 0 aromatic heterocycles. The van der Waals surface area contributed by atoms with E-state index in [1.54, 1.807) is 0 Å². The van der Waals surface area contributed by atoms with Crippen molar-refractivity contribution in [1.82, 2.24) is 0 Å². The molecule has 0 spiro atoms. The Hall–Kier alpha value is -1.09. The minimum Gasteiger partial charge on any atom is -0.511 e. The lowest BCUT2D eigenvalue weighted by Gasteiger charge is -2.32. The summed E-state index contributed by atoms with van der Waals surface area (Å²) >= 11 is 0. The molecule has 0 saturated carbocycles. The lowest BCUT2D eigenvalue weighted by atomic mass is 9.75. The van der Waals surface area contributed by atoms with Crippen LogP contribution in [0.15, 0.2) is 18.2 Å². The second-order valence-electron chi connectivity index (χ2n) is 6.92. The van der Waals surface area contributed by atoms with E-state index in [-0.39, 0.29) is 26.6 Å². The Morgan fingerprint density at radius 1 is 1.05 bits per heavy atom. The molecule has 0 atom stereocenters. The quantitative estimate of drug-likeness (QED) is 0.776. The van der Waals surface area contributed by atoms with Gasteiger partial charge in [-0.3, -0.25) is 4.79 Å². The zero-order valence-corrected chi connectivity index (χ0v) is 14.0. The lowest BCUT2D eigenvalue weighted by molar-refractivity contribution is -0.131. The smallest absolute Gasteiger partial charge is 0.355 e. The Kier molecular flexibility index (Phi) is 4.61. The van der Waals surface area contributed by atoms with Crippen LogP contribution >= 0.6 is 0 Å². The first kappa shape index (κ1) is 16.0. The third-order valence-electron chi connectivity index (χ3n) is 2.93. The summed E-state index contributed by atoms with van der Waals surface area (Å²) < 4.78 is 5.22. The molecule has 0 amide bonds. The summed E-state index contributed by atoms with van der Waals surface area (Å²) in [6.45, 7) is 14.7. The molecule has 0 fully saturated rings. The van der Waals surface area contributed by atoms with Gasteiger partial charge in [-0.1, -0.05) is 59.7 Å². The van der Waals surface area contributed by atoms with Crippen LogP contribution in [-0.4, -0.2) is 15.7 Å². The van der Waals surface area contributed by atoms with E-state index in [0.29, 0.717) is 0 Å². The zero-order valence-electron chi connectivity index (χ0n) is 13.0. The maximum Gasteiger partial charge on any atom is 0.355 e. The van der Waals surface area contributed by atoms with Gasteiger partial charge in [0.25, 0.3) is 5.97 Å². The van der Waals surface area contributed by atoms with E-state index in [2.05, 4.69) is 59.7 Å². The first-order valence-electron chi connectivity index (χ1n) is 6.61. The molecule has 0 unspecified atom stereocenters. The van der Waals surface area contributed by atoms with E-state index in [9.17, 15) is 4.79 Å². The van der Waals surface area contributed by atoms with Crippen LogP contribution in [0, 0.1) is 0 Å². The molecule has 0 aliphatic carbocycles. The first-order chi connectivity index (χ1) is 8.53. The van der Waals surface area contributed by atoms with Crippen molar-refractivity contribution in [3.63, 3.8) is 0 Å². The Balaban J connectivity index is 3.35. The number of rotatable bonds is 2. The molecule has 19 heavy (non-hydrogen) atoms. The fourth-order valence-electron chi connectivity index (χ4n) is 2.20. The fourth-order valence-corrected chi connectivity index (χ4v) is 3.23. The molecule has 0 N–H and O–H groups in total. The van der Waals surface area contributed by atoms with Crippen molar-refractivity contribution in [2.75, 3.05) is 0 Å². The summed E-state index contributed by atoms with van der Waals surface area (Å²) in [5, 5.41) is 1.13. The Labute approximate surface area is 119 Å². The average Bonchev–Trinajstić information content (AvgIpc) is 2.23. The maximum absolute atomic E-state index is 11.0. The summed E-state index contributed by atoms with van der Waals surface area (Å²) in [6.07, 6.45) is 0. The van der Waals surface area contributed by atoms with Gasteiger partial charge in [-0.2, -0.15) is 0 Å². The summed E-state index contributed by atoms with van der Waals surface area (Å²) in [4.78, 5) is 11.0. The molecule has 1 aromatic carbocycles. The summed E-state index contributed by atoms with van der Waals surface area (Å²) in [5.41, 5.74) is 2.75. The van der Waals surface area contributed by atoms with Gasteiger partial charge in [0.2, 0.25) is 0 Å². The second kappa shape index (κ2) is 5.49. The summed E-state index contributed by atoms with van der Waals surface area (Å²) in [5.74, 6) is -0.223. The topological polar surface area (TPSA) is 26.3 Å². The van der Waals surface area contributed by atoms with Crippen LogP contribution in [0.4, 0.5) is 0 Å². The molecule has 1 aromatic rings. The van der Waals surface area contributed by atoms with Crippen molar-refractivity contribution in [3.8, 4) is 0 Å². The highest BCUT2D eigenvalue weighted by Crippen LogP contribution is 2.32. The van der Waals surface area contributed by atoms with Crippen LogP contribution < -0.4 is 5.19 Å². The van der Waals surface area contributed by atoms with Crippen LogP contribution in [0.2, 0.25) is 0 Å². The van der Waals surface area contributed by atoms with E-state index >= 15 is 0 Å². The third-order valence-corrected chi connectivity index (χ3v) is 3.95. The van der Waals surface area contributed by atoms with Gasteiger partial charge in [-0.05, 0) is 27.1 Å². The van der Waals surface area contributed by atoms with E-state index in [1.807, 2.05) is 0 Å². The van der Waals surface area contributed by atoms with Crippen LogP contribution in [0.25, 0.3) is 0 Å². The molecule has 3 heteroatoms. The van der Waals surface area contributed by atoms with E-state index in [4.69, 9.17) is 4.43 Å². The van der Waals surface area contributed by atoms with E-state index in [0.717, 1.165) is 5.19 Å². The maximum atomic E-state index is 11.0. The minimum atomic E-state index is -0.223. The van der Waals surface area contributed by atoms with E-state index in [1.165, 1.54) is 18.1 Å². The number of hydrogen-bond donors (Lipinski definition) is 0. The van der Waals surface area contributed by atoms with Crippen molar-refractivity contribution in [3.05, 3.63) is 29.3 Å². The molecular formula is C16H24O2Si. The average molecular weight is 276 g/mol. The van der Waals surface area contributed by atoms with Gasteiger partial charge in [0.1, 0.15) is 0 Å². The Bertz CT molecular complexity index is 465. The largest absolute Gasteiger partial charge is 0.511 e. The SMILES string of the molecule is CC(=O)O[Si]c1cccc(C(C)(C)C)c1C(C)(C)C. The molecule has 0 aliphatic rings. The number of carbonyl (C=O) groups is 1. The van der Waals surface area contributed by atoms with Crippen LogP contribution in [0.1, 0.15) is 59.6 Å². The van der Waals surface area contributed by atoms with Crippen molar-refractivity contribution >= 4 is 20.9 Å². The molecule has 0 saturated heterocycles.